The Bertz CT molecular complexity index is 1320. The summed E-state index contributed by atoms with van der Waals surface area (Å²) in [5, 5.41) is 14.4. The molecule has 2 heterocycles. The summed E-state index contributed by atoms with van der Waals surface area (Å²) < 4.78 is 56.7. The van der Waals surface area contributed by atoms with Gasteiger partial charge in [-0.2, -0.15) is 18.3 Å². The van der Waals surface area contributed by atoms with Crippen molar-refractivity contribution in [3.8, 4) is 28.1 Å². The number of methoxy groups -OCH3 is 1. The first-order chi connectivity index (χ1) is 17.5. The number of nitrogens with one attached hydrogen (secondary N) is 1. The Balaban J connectivity index is 1.73. The van der Waals surface area contributed by atoms with Crippen LogP contribution < -0.4 is 0 Å². The molecule has 2 aromatic heterocycles. The van der Waals surface area contributed by atoms with E-state index in [1.165, 1.54) is 19.4 Å². The SMILES string of the molecule is COCc1c(-c2cccc(O)c2Cl)c[nH]c1-c1cnn(C2CC(C)(O[Si](C)(C)C(C)(C)C)C2)c1C(F)(F)F. The summed E-state index contributed by atoms with van der Waals surface area (Å²) in [6, 6.07) is 4.33. The zero-order valence-electron chi connectivity index (χ0n) is 22.8. The molecule has 11 heteroatoms. The van der Waals surface area contributed by atoms with Gasteiger partial charge in [-0.25, -0.2) is 0 Å². The van der Waals surface area contributed by atoms with Crippen LogP contribution in [-0.2, 0) is 21.9 Å². The summed E-state index contributed by atoms with van der Waals surface area (Å²) in [5.41, 5.74) is 0.400. The molecule has 0 radical (unpaired) electrons. The standard InChI is InChI=1S/C27H35ClF3N3O3Si/c1-25(2,3)38(6,7)37-26(4)11-16(12-26)34-24(27(29,30)31)19(14-33-34)23-20(15-36-5)18(13-32-23)17-9-8-10-21(35)22(17)28/h8-10,13-14,16,32,35H,11-12,15H2,1-7H3. The number of hydrogen-bond acceptors (Lipinski definition) is 4. The van der Waals surface area contributed by atoms with Crippen LogP contribution in [0.1, 0.15) is 57.8 Å². The highest BCUT2D eigenvalue weighted by molar-refractivity contribution is 6.74. The molecular formula is C27H35ClF3N3O3Si. The minimum Gasteiger partial charge on any atom is -0.506 e. The third kappa shape index (κ3) is 5.15. The van der Waals surface area contributed by atoms with E-state index in [1.807, 2.05) is 6.92 Å². The molecule has 38 heavy (non-hydrogen) atoms. The van der Waals surface area contributed by atoms with Gasteiger partial charge < -0.3 is 19.3 Å². The largest absolute Gasteiger partial charge is 0.506 e. The molecule has 1 fully saturated rings. The topological polar surface area (TPSA) is 72.3 Å². The number of aromatic hydroxyl groups is 1. The van der Waals surface area contributed by atoms with Crippen molar-refractivity contribution in [2.24, 2.45) is 0 Å². The molecule has 1 aromatic carbocycles. The fraction of sp³-hybridized carbons (Fsp3) is 0.519. The van der Waals surface area contributed by atoms with E-state index in [0.717, 1.165) is 4.68 Å². The number of aromatic amines is 1. The van der Waals surface area contributed by atoms with Gasteiger partial charge in [0.2, 0.25) is 0 Å². The van der Waals surface area contributed by atoms with Gasteiger partial charge in [0, 0.05) is 35.6 Å². The maximum Gasteiger partial charge on any atom is 0.433 e. The van der Waals surface area contributed by atoms with Crippen molar-refractivity contribution in [3.63, 3.8) is 0 Å². The third-order valence-electron chi connectivity index (χ3n) is 7.87. The van der Waals surface area contributed by atoms with Gasteiger partial charge in [0.15, 0.2) is 14.0 Å². The lowest BCUT2D eigenvalue weighted by atomic mass is 9.77. The van der Waals surface area contributed by atoms with Crippen molar-refractivity contribution >= 4 is 19.9 Å². The minimum atomic E-state index is -4.64. The lowest BCUT2D eigenvalue weighted by Crippen LogP contribution is -2.54. The molecule has 3 aromatic rings. The van der Waals surface area contributed by atoms with Gasteiger partial charge in [-0.3, -0.25) is 4.68 Å². The van der Waals surface area contributed by atoms with Crippen molar-refractivity contribution in [1.29, 1.82) is 0 Å². The molecule has 0 bridgehead atoms. The van der Waals surface area contributed by atoms with Crippen LogP contribution in [0.4, 0.5) is 13.2 Å². The maximum absolute atomic E-state index is 14.5. The van der Waals surface area contributed by atoms with E-state index >= 15 is 0 Å². The number of ether oxygens (including phenoxy) is 1. The van der Waals surface area contributed by atoms with Crippen LogP contribution in [0.2, 0.25) is 23.2 Å². The molecular weight excluding hydrogens is 535 g/mol. The molecule has 0 aliphatic heterocycles. The fourth-order valence-corrected chi connectivity index (χ4v) is 6.96. The fourth-order valence-electron chi connectivity index (χ4n) is 5.02. The van der Waals surface area contributed by atoms with E-state index in [0.29, 0.717) is 29.5 Å². The molecule has 1 aliphatic carbocycles. The van der Waals surface area contributed by atoms with Crippen LogP contribution in [0, 0.1) is 0 Å². The number of rotatable bonds is 7. The molecule has 0 spiro atoms. The minimum absolute atomic E-state index is 0.00138. The predicted molar refractivity (Wildman–Crippen MR) is 145 cm³/mol. The molecule has 1 aliphatic rings. The second-order valence-electron chi connectivity index (χ2n) is 11.9. The molecule has 1 saturated carbocycles. The molecule has 6 nitrogen and oxygen atoms in total. The van der Waals surface area contributed by atoms with Crippen molar-refractivity contribution in [2.75, 3.05) is 7.11 Å². The van der Waals surface area contributed by atoms with E-state index in [-0.39, 0.29) is 33.7 Å². The summed E-state index contributed by atoms with van der Waals surface area (Å²) in [6.45, 7) is 12.7. The zero-order valence-corrected chi connectivity index (χ0v) is 24.5. The number of benzene rings is 1. The van der Waals surface area contributed by atoms with Crippen molar-refractivity contribution in [1.82, 2.24) is 14.8 Å². The smallest absolute Gasteiger partial charge is 0.433 e. The van der Waals surface area contributed by atoms with Crippen molar-refractivity contribution in [3.05, 3.63) is 46.9 Å². The normalized spacial score (nSPS) is 20.6. The number of phenolic OH excluding ortho intramolecular Hbond substituents is 1. The third-order valence-corrected chi connectivity index (χ3v) is 12.9. The Morgan fingerprint density at radius 1 is 1.18 bits per heavy atom. The predicted octanol–water partition coefficient (Wildman–Crippen LogP) is 8.18. The summed E-state index contributed by atoms with van der Waals surface area (Å²) >= 11 is 6.32. The quantitative estimate of drug-likeness (QED) is 0.281. The Morgan fingerprint density at radius 2 is 1.84 bits per heavy atom. The van der Waals surface area contributed by atoms with Gasteiger partial charge in [-0.05, 0) is 44.0 Å². The summed E-state index contributed by atoms with van der Waals surface area (Å²) in [4.78, 5) is 2.99. The van der Waals surface area contributed by atoms with Gasteiger partial charge in [0.05, 0.1) is 35.2 Å². The average Bonchev–Trinajstić information content (AvgIpc) is 3.37. The lowest BCUT2D eigenvalue weighted by Gasteiger charge is -2.52. The lowest BCUT2D eigenvalue weighted by molar-refractivity contribution is -0.148. The highest BCUT2D eigenvalue weighted by atomic mass is 35.5. The zero-order chi connectivity index (χ0) is 28.3. The first-order valence-corrected chi connectivity index (χ1v) is 15.8. The van der Waals surface area contributed by atoms with Crippen LogP contribution in [0.5, 0.6) is 5.75 Å². The van der Waals surface area contributed by atoms with Crippen LogP contribution in [0.3, 0.4) is 0 Å². The van der Waals surface area contributed by atoms with Crippen molar-refractivity contribution < 1.29 is 27.4 Å². The number of hydrogen-bond donors (Lipinski definition) is 2. The number of halogens is 4. The highest BCUT2D eigenvalue weighted by Gasteiger charge is 2.51. The number of phenols is 1. The van der Waals surface area contributed by atoms with Gasteiger partial charge in [0.1, 0.15) is 5.75 Å². The van der Waals surface area contributed by atoms with Gasteiger partial charge in [-0.1, -0.05) is 44.5 Å². The molecule has 208 valence electrons. The molecule has 0 saturated heterocycles. The number of H-pyrrole nitrogens is 1. The molecule has 0 amide bonds. The molecule has 2 N–H and O–H groups in total. The first-order valence-electron chi connectivity index (χ1n) is 12.5. The van der Waals surface area contributed by atoms with Crippen molar-refractivity contribution in [2.45, 2.75) is 83.1 Å². The van der Waals surface area contributed by atoms with Crippen LogP contribution in [0.15, 0.2) is 30.6 Å². The summed E-state index contributed by atoms with van der Waals surface area (Å²) in [7, 11) is -0.624. The van der Waals surface area contributed by atoms with Gasteiger partial charge >= 0.3 is 6.18 Å². The number of alkyl halides is 3. The first kappa shape index (κ1) is 28.7. The Morgan fingerprint density at radius 3 is 2.42 bits per heavy atom. The summed E-state index contributed by atoms with van der Waals surface area (Å²) in [6.07, 6.45) is -0.912. The second-order valence-corrected chi connectivity index (χ2v) is 17.0. The Hall–Kier alpha value is -2.27. The molecule has 0 unspecified atom stereocenters. The van der Waals surface area contributed by atoms with Crippen LogP contribution >= 0.6 is 11.6 Å². The van der Waals surface area contributed by atoms with E-state index in [4.69, 9.17) is 20.8 Å². The highest BCUT2D eigenvalue weighted by Crippen LogP contribution is 2.51. The van der Waals surface area contributed by atoms with E-state index in [1.54, 1.807) is 18.3 Å². The second kappa shape index (κ2) is 9.73. The van der Waals surface area contributed by atoms with E-state index in [2.05, 4.69) is 43.9 Å². The number of nitrogens with zero attached hydrogens (tertiary/aromatic N) is 2. The Labute approximate surface area is 227 Å². The molecule has 0 atom stereocenters. The van der Waals surface area contributed by atoms with E-state index in [9.17, 15) is 18.3 Å². The summed E-state index contributed by atoms with van der Waals surface area (Å²) in [5.74, 6) is -0.118. The Kier molecular flexibility index (Phi) is 7.35. The average molecular weight is 570 g/mol. The van der Waals surface area contributed by atoms with Crippen LogP contribution in [-0.4, -0.2) is 40.9 Å². The van der Waals surface area contributed by atoms with Crippen LogP contribution in [0.25, 0.3) is 22.4 Å². The maximum atomic E-state index is 14.5. The monoisotopic (exact) mass is 569 g/mol. The van der Waals surface area contributed by atoms with E-state index < -0.39 is 31.8 Å². The van der Waals surface area contributed by atoms with Gasteiger partial charge in [0.25, 0.3) is 0 Å². The van der Waals surface area contributed by atoms with Gasteiger partial charge in [-0.15, -0.1) is 0 Å². The number of aromatic nitrogens is 3. The molecule has 4 rings (SSSR count).